The van der Waals surface area contributed by atoms with Crippen molar-refractivity contribution in [1.29, 1.82) is 0 Å². The van der Waals surface area contributed by atoms with E-state index in [2.05, 4.69) is 0 Å². The Hall–Kier alpha value is -0.830. The predicted octanol–water partition coefficient (Wildman–Crippen LogP) is 1.59. The van der Waals surface area contributed by atoms with Gasteiger partial charge in [0.25, 0.3) is 0 Å². The molecule has 0 aromatic carbocycles. The average Bonchev–Trinajstić information content (AvgIpc) is 2.80. The van der Waals surface area contributed by atoms with Crippen molar-refractivity contribution in [3.8, 4) is 0 Å². The van der Waals surface area contributed by atoms with Gasteiger partial charge in [-0.15, -0.1) is 0 Å². The van der Waals surface area contributed by atoms with E-state index >= 15 is 0 Å². The minimum absolute atomic E-state index is 0.136. The molecular weight excluding hydrogens is 156 g/mol. The number of carbonyl (C=O) groups is 1. The second-order valence-corrected chi connectivity index (χ2v) is 3.14. The molecule has 68 valence electrons. The molecule has 0 amide bonds. The van der Waals surface area contributed by atoms with E-state index in [1.165, 1.54) is 0 Å². The summed E-state index contributed by atoms with van der Waals surface area (Å²) >= 11 is 0. The molecule has 0 aromatic heterocycles. The fourth-order valence-electron chi connectivity index (χ4n) is 0.987. The largest absolute Gasteiger partial charge is 0.481 e. The molecule has 1 fully saturated rings. The molecule has 3 heteroatoms. The van der Waals surface area contributed by atoms with Crippen LogP contribution in [0.4, 0.5) is 0 Å². The Morgan fingerprint density at radius 1 is 1.75 bits per heavy atom. The standard InChI is InChI=1S/C9H14O3/c1-7(3-5-9(10)11)2-4-8-6-12-8/h3,8H,2,4-6H2,1H3,(H,10,11). The third-order valence-corrected chi connectivity index (χ3v) is 1.89. The van der Waals surface area contributed by atoms with Crippen LogP contribution in [0.25, 0.3) is 0 Å². The molecule has 1 unspecified atom stereocenters. The van der Waals surface area contributed by atoms with Crippen LogP contribution in [-0.2, 0) is 9.53 Å². The maximum Gasteiger partial charge on any atom is 0.307 e. The van der Waals surface area contributed by atoms with Gasteiger partial charge < -0.3 is 9.84 Å². The number of hydrogen-bond donors (Lipinski definition) is 1. The molecule has 0 saturated carbocycles. The fourth-order valence-corrected chi connectivity index (χ4v) is 0.987. The molecular formula is C9H14O3. The van der Waals surface area contributed by atoms with Crippen molar-refractivity contribution in [2.75, 3.05) is 6.61 Å². The van der Waals surface area contributed by atoms with Crippen LogP contribution in [0.1, 0.15) is 26.2 Å². The summed E-state index contributed by atoms with van der Waals surface area (Å²) in [5, 5.41) is 8.38. The third kappa shape index (κ3) is 4.13. The van der Waals surface area contributed by atoms with E-state index in [1.54, 1.807) is 6.08 Å². The van der Waals surface area contributed by atoms with Gasteiger partial charge in [0.05, 0.1) is 19.1 Å². The monoisotopic (exact) mass is 170 g/mol. The van der Waals surface area contributed by atoms with Crippen molar-refractivity contribution in [2.45, 2.75) is 32.3 Å². The van der Waals surface area contributed by atoms with Gasteiger partial charge in [0.15, 0.2) is 0 Å². The molecule has 0 spiro atoms. The molecule has 1 atom stereocenters. The van der Waals surface area contributed by atoms with Crippen LogP contribution in [0.15, 0.2) is 11.6 Å². The van der Waals surface area contributed by atoms with Crippen LogP contribution < -0.4 is 0 Å². The van der Waals surface area contributed by atoms with E-state index in [-0.39, 0.29) is 6.42 Å². The Morgan fingerprint density at radius 3 is 2.92 bits per heavy atom. The van der Waals surface area contributed by atoms with Gasteiger partial charge in [-0.3, -0.25) is 4.79 Å². The molecule has 1 N–H and O–H groups in total. The van der Waals surface area contributed by atoms with Gasteiger partial charge in [0.1, 0.15) is 0 Å². The summed E-state index contributed by atoms with van der Waals surface area (Å²) in [6.45, 7) is 2.84. The number of epoxide rings is 1. The molecule has 1 saturated heterocycles. The zero-order chi connectivity index (χ0) is 8.97. The summed E-state index contributed by atoms with van der Waals surface area (Å²) in [5.74, 6) is -0.767. The Balaban J connectivity index is 2.11. The minimum Gasteiger partial charge on any atom is -0.481 e. The summed E-state index contributed by atoms with van der Waals surface area (Å²) in [6, 6.07) is 0. The Bertz CT molecular complexity index is 192. The summed E-state index contributed by atoms with van der Waals surface area (Å²) in [7, 11) is 0. The SMILES string of the molecule is CC(=CCC(=O)O)CCC1CO1. The van der Waals surface area contributed by atoms with E-state index < -0.39 is 5.97 Å². The second kappa shape index (κ2) is 4.26. The molecule has 0 aromatic rings. The normalized spacial score (nSPS) is 22.4. The van der Waals surface area contributed by atoms with Gasteiger partial charge in [-0.2, -0.15) is 0 Å². The topological polar surface area (TPSA) is 49.8 Å². The third-order valence-electron chi connectivity index (χ3n) is 1.89. The lowest BCUT2D eigenvalue weighted by molar-refractivity contribution is -0.136. The van der Waals surface area contributed by atoms with Crippen molar-refractivity contribution in [3.63, 3.8) is 0 Å². The number of rotatable bonds is 5. The smallest absolute Gasteiger partial charge is 0.307 e. The van der Waals surface area contributed by atoms with E-state index in [4.69, 9.17) is 9.84 Å². The Kier molecular flexibility index (Phi) is 3.29. The lowest BCUT2D eigenvalue weighted by Gasteiger charge is -1.96. The highest BCUT2D eigenvalue weighted by Gasteiger charge is 2.21. The van der Waals surface area contributed by atoms with Gasteiger partial charge in [-0.25, -0.2) is 0 Å². The van der Waals surface area contributed by atoms with Crippen molar-refractivity contribution in [3.05, 3.63) is 11.6 Å². The maximum absolute atomic E-state index is 10.2. The van der Waals surface area contributed by atoms with Crippen LogP contribution in [0.3, 0.4) is 0 Å². The highest BCUT2D eigenvalue weighted by atomic mass is 16.6. The summed E-state index contributed by atoms with van der Waals surface area (Å²) in [4.78, 5) is 10.2. The van der Waals surface area contributed by atoms with Crippen molar-refractivity contribution in [1.82, 2.24) is 0 Å². The van der Waals surface area contributed by atoms with Gasteiger partial charge in [0.2, 0.25) is 0 Å². The lowest BCUT2D eigenvalue weighted by Crippen LogP contribution is -1.92. The number of carboxylic acid groups (broad SMARTS) is 1. The van der Waals surface area contributed by atoms with Gasteiger partial charge >= 0.3 is 5.97 Å². The lowest BCUT2D eigenvalue weighted by atomic mass is 10.1. The first-order valence-electron chi connectivity index (χ1n) is 4.17. The van der Waals surface area contributed by atoms with Crippen molar-refractivity contribution < 1.29 is 14.6 Å². The van der Waals surface area contributed by atoms with Crippen molar-refractivity contribution >= 4 is 5.97 Å². The highest BCUT2D eigenvalue weighted by molar-refractivity contribution is 5.68. The molecule has 3 nitrogen and oxygen atoms in total. The first-order chi connectivity index (χ1) is 5.68. The second-order valence-electron chi connectivity index (χ2n) is 3.14. The minimum atomic E-state index is -0.767. The number of ether oxygens (including phenoxy) is 1. The number of hydrogen-bond acceptors (Lipinski definition) is 2. The van der Waals surface area contributed by atoms with Crippen LogP contribution in [0.2, 0.25) is 0 Å². The Labute approximate surface area is 72.0 Å². The zero-order valence-corrected chi connectivity index (χ0v) is 7.25. The zero-order valence-electron chi connectivity index (χ0n) is 7.25. The molecule has 1 aliphatic rings. The number of allylic oxidation sites excluding steroid dienone is 1. The van der Waals surface area contributed by atoms with Gasteiger partial charge in [0, 0.05) is 0 Å². The van der Waals surface area contributed by atoms with Gasteiger partial charge in [-0.05, 0) is 19.8 Å². The summed E-state index contributed by atoms with van der Waals surface area (Å²) in [6.07, 6.45) is 4.33. The van der Waals surface area contributed by atoms with E-state index in [0.717, 1.165) is 25.0 Å². The molecule has 12 heavy (non-hydrogen) atoms. The van der Waals surface area contributed by atoms with Crippen LogP contribution in [0, 0.1) is 0 Å². The van der Waals surface area contributed by atoms with Crippen molar-refractivity contribution in [2.24, 2.45) is 0 Å². The average molecular weight is 170 g/mol. The molecule has 1 rings (SSSR count). The van der Waals surface area contributed by atoms with E-state index in [9.17, 15) is 4.79 Å². The van der Waals surface area contributed by atoms with Gasteiger partial charge in [-0.1, -0.05) is 11.6 Å². The summed E-state index contributed by atoms with van der Waals surface area (Å²) < 4.78 is 5.04. The molecule has 1 heterocycles. The predicted molar refractivity (Wildman–Crippen MR) is 45.0 cm³/mol. The van der Waals surface area contributed by atoms with Crippen LogP contribution >= 0.6 is 0 Å². The Morgan fingerprint density at radius 2 is 2.42 bits per heavy atom. The highest BCUT2D eigenvalue weighted by Crippen LogP contribution is 2.18. The fraction of sp³-hybridized carbons (Fsp3) is 0.667. The molecule has 0 bridgehead atoms. The number of aliphatic carboxylic acids is 1. The first kappa shape index (κ1) is 9.26. The first-order valence-corrected chi connectivity index (χ1v) is 4.17. The molecule has 1 aliphatic heterocycles. The van der Waals surface area contributed by atoms with Crippen LogP contribution in [-0.4, -0.2) is 23.8 Å². The maximum atomic E-state index is 10.2. The van der Waals surface area contributed by atoms with Crippen LogP contribution in [0.5, 0.6) is 0 Å². The van der Waals surface area contributed by atoms with E-state index in [0.29, 0.717) is 6.10 Å². The molecule has 0 aliphatic carbocycles. The molecule has 0 radical (unpaired) electrons. The number of carboxylic acids is 1. The quantitative estimate of drug-likeness (QED) is 0.503. The van der Waals surface area contributed by atoms with E-state index in [1.807, 2.05) is 6.92 Å². The summed E-state index contributed by atoms with van der Waals surface area (Å²) in [5.41, 5.74) is 1.15.